The second-order valence-electron chi connectivity index (χ2n) is 5.18. The molecular formula is C17H11Br2ClN2O2S. The summed E-state index contributed by atoms with van der Waals surface area (Å²) in [5.74, 6) is 0.0233. The maximum Gasteiger partial charge on any atom is 0.266 e. The zero-order valence-corrected chi connectivity index (χ0v) is 17.6. The molecule has 2 aromatic rings. The minimum Gasteiger partial charge on any atom is -0.507 e. The molecule has 1 N–H and O–H groups in total. The van der Waals surface area contributed by atoms with Crippen LogP contribution in [0.15, 0.2) is 55.2 Å². The normalized spacial score (nSPS) is 17.8. The maximum absolute atomic E-state index is 12.4. The molecule has 0 bridgehead atoms. The molecule has 2 aromatic carbocycles. The number of aliphatic imine (C=N–C) groups is 1. The number of phenolic OH excluding ortho intramolecular Hbond substituents is 1. The minimum absolute atomic E-state index is 0.129. The van der Waals surface area contributed by atoms with Gasteiger partial charge in [0, 0.05) is 11.5 Å². The molecule has 1 aliphatic rings. The van der Waals surface area contributed by atoms with Crippen molar-refractivity contribution in [2.45, 2.75) is 0 Å². The number of thioether (sulfide) groups is 1. The number of amides is 1. The van der Waals surface area contributed by atoms with Gasteiger partial charge in [-0.15, -0.1) is 0 Å². The molecule has 0 spiro atoms. The zero-order chi connectivity index (χ0) is 18.1. The third-order valence-electron chi connectivity index (χ3n) is 3.40. The van der Waals surface area contributed by atoms with Gasteiger partial charge in [0.1, 0.15) is 5.75 Å². The molecule has 3 rings (SSSR count). The fraction of sp³-hybridized carbons (Fsp3) is 0.0588. The van der Waals surface area contributed by atoms with E-state index in [1.807, 2.05) is 12.1 Å². The van der Waals surface area contributed by atoms with Crippen molar-refractivity contribution in [2.75, 3.05) is 7.05 Å². The predicted molar refractivity (Wildman–Crippen MR) is 110 cm³/mol. The summed E-state index contributed by atoms with van der Waals surface area (Å²) >= 11 is 14.0. The second-order valence-corrected chi connectivity index (χ2v) is 8.30. The molecule has 0 aromatic heterocycles. The summed E-state index contributed by atoms with van der Waals surface area (Å²) in [6, 6.07) is 10.4. The highest BCUT2D eigenvalue weighted by atomic mass is 79.9. The van der Waals surface area contributed by atoms with E-state index in [2.05, 4.69) is 36.9 Å². The Balaban J connectivity index is 1.91. The van der Waals surface area contributed by atoms with Gasteiger partial charge in [-0.25, -0.2) is 4.99 Å². The van der Waals surface area contributed by atoms with Crippen LogP contribution in [0.3, 0.4) is 0 Å². The van der Waals surface area contributed by atoms with Crippen molar-refractivity contribution >= 4 is 78.1 Å². The van der Waals surface area contributed by atoms with Crippen LogP contribution in [-0.2, 0) is 4.79 Å². The van der Waals surface area contributed by atoms with Crippen molar-refractivity contribution < 1.29 is 9.90 Å². The molecule has 8 heteroatoms. The first kappa shape index (κ1) is 18.5. The Morgan fingerprint density at radius 1 is 1.20 bits per heavy atom. The van der Waals surface area contributed by atoms with Gasteiger partial charge in [-0.1, -0.05) is 17.7 Å². The summed E-state index contributed by atoms with van der Waals surface area (Å²) < 4.78 is 1.36. The van der Waals surface area contributed by atoms with Crippen molar-refractivity contribution in [3.63, 3.8) is 0 Å². The second kappa shape index (κ2) is 7.53. The van der Waals surface area contributed by atoms with Gasteiger partial charge in [0.05, 0.1) is 20.1 Å². The molecule has 1 amide bonds. The quantitative estimate of drug-likeness (QED) is 0.528. The molecule has 25 heavy (non-hydrogen) atoms. The average Bonchev–Trinajstić information content (AvgIpc) is 2.82. The van der Waals surface area contributed by atoms with Crippen LogP contribution >= 0.6 is 55.2 Å². The summed E-state index contributed by atoms with van der Waals surface area (Å²) in [6.45, 7) is 0. The van der Waals surface area contributed by atoms with Gasteiger partial charge in [0.15, 0.2) is 5.17 Å². The molecule has 4 nitrogen and oxygen atoms in total. The summed E-state index contributed by atoms with van der Waals surface area (Å²) in [7, 11) is 1.68. The number of aromatic hydroxyl groups is 1. The van der Waals surface area contributed by atoms with E-state index in [0.717, 1.165) is 10.0 Å². The maximum atomic E-state index is 12.4. The number of phenols is 1. The number of amidine groups is 1. The molecular weight excluding hydrogens is 492 g/mol. The molecule has 0 atom stereocenters. The van der Waals surface area contributed by atoms with Gasteiger partial charge in [-0.2, -0.15) is 0 Å². The fourth-order valence-electron chi connectivity index (χ4n) is 2.08. The van der Waals surface area contributed by atoms with E-state index in [4.69, 9.17) is 11.6 Å². The summed E-state index contributed by atoms with van der Waals surface area (Å²) in [4.78, 5) is 19.0. The lowest BCUT2D eigenvalue weighted by Crippen LogP contribution is -2.23. The third-order valence-corrected chi connectivity index (χ3v) is 6.33. The fourth-order valence-corrected chi connectivity index (χ4v) is 3.89. The lowest BCUT2D eigenvalue weighted by molar-refractivity contribution is -0.121. The van der Waals surface area contributed by atoms with Crippen molar-refractivity contribution in [3.8, 4) is 5.75 Å². The molecule has 1 fully saturated rings. The van der Waals surface area contributed by atoms with Gasteiger partial charge in [-0.05, 0) is 85.6 Å². The van der Waals surface area contributed by atoms with Crippen molar-refractivity contribution in [3.05, 3.63) is 60.8 Å². The van der Waals surface area contributed by atoms with Crippen LogP contribution in [0.1, 0.15) is 5.56 Å². The van der Waals surface area contributed by atoms with Crippen LogP contribution in [0.25, 0.3) is 6.08 Å². The van der Waals surface area contributed by atoms with Crippen LogP contribution in [0, 0.1) is 0 Å². The number of hydrogen-bond acceptors (Lipinski definition) is 4. The standard InChI is InChI=1S/C17H11Br2ClN2O2S/c1-22-16(24)15(7-9-2-5-14(23)12(19)6-9)25-17(22)21-10-3-4-11(18)13(20)8-10/h2-8,23H,1H3/b15-7-,21-17?. The topological polar surface area (TPSA) is 52.9 Å². The van der Waals surface area contributed by atoms with E-state index in [1.54, 1.807) is 37.4 Å². The Bertz CT molecular complexity index is 931. The first-order chi connectivity index (χ1) is 11.8. The molecule has 0 radical (unpaired) electrons. The van der Waals surface area contributed by atoms with E-state index in [1.165, 1.54) is 16.7 Å². The number of hydrogen-bond donors (Lipinski definition) is 1. The highest BCUT2D eigenvalue weighted by Crippen LogP contribution is 2.35. The Labute approximate surface area is 170 Å². The largest absolute Gasteiger partial charge is 0.507 e. The van der Waals surface area contributed by atoms with Gasteiger partial charge >= 0.3 is 0 Å². The lowest BCUT2D eigenvalue weighted by atomic mass is 10.2. The molecule has 1 heterocycles. The summed E-state index contributed by atoms with van der Waals surface area (Å²) in [6.07, 6.45) is 1.77. The van der Waals surface area contributed by atoms with Crippen molar-refractivity contribution in [2.24, 2.45) is 4.99 Å². The predicted octanol–water partition coefficient (Wildman–Crippen LogP) is 5.80. The van der Waals surface area contributed by atoms with E-state index < -0.39 is 0 Å². The van der Waals surface area contributed by atoms with E-state index >= 15 is 0 Å². The number of carbonyl (C=O) groups excluding carboxylic acids is 1. The average molecular weight is 503 g/mol. The van der Waals surface area contributed by atoms with Crippen LogP contribution in [0.4, 0.5) is 5.69 Å². The van der Waals surface area contributed by atoms with Gasteiger partial charge in [0.25, 0.3) is 5.91 Å². The molecule has 0 unspecified atom stereocenters. The van der Waals surface area contributed by atoms with E-state index in [9.17, 15) is 9.90 Å². The Hall–Kier alpha value is -1.28. The Morgan fingerprint density at radius 3 is 2.64 bits per heavy atom. The van der Waals surface area contributed by atoms with E-state index in [-0.39, 0.29) is 11.7 Å². The first-order valence-corrected chi connectivity index (χ1v) is 9.83. The van der Waals surface area contributed by atoms with Gasteiger partial charge in [0.2, 0.25) is 0 Å². The summed E-state index contributed by atoms with van der Waals surface area (Å²) in [5, 5.41) is 10.7. The van der Waals surface area contributed by atoms with E-state index in [0.29, 0.717) is 25.3 Å². The monoisotopic (exact) mass is 500 g/mol. The van der Waals surface area contributed by atoms with Crippen molar-refractivity contribution in [1.82, 2.24) is 4.90 Å². The molecule has 0 saturated carbocycles. The number of likely N-dealkylation sites (N-methyl/N-ethyl adjacent to an activating group) is 1. The van der Waals surface area contributed by atoms with Crippen molar-refractivity contribution in [1.29, 1.82) is 0 Å². The lowest BCUT2D eigenvalue weighted by Gasteiger charge is -2.07. The number of nitrogens with zero attached hydrogens (tertiary/aromatic N) is 2. The number of halogens is 3. The molecule has 0 aliphatic carbocycles. The number of carbonyl (C=O) groups is 1. The van der Waals surface area contributed by atoms with Gasteiger partial charge < -0.3 is 5.11 Å². The van der Waals surface area contributed by atoms with Crippen LogP contribution in [0.5, 0.6) is 5.75 Å². The molecule has 1 saturated heterocycles. The van der Waals surface area contributed by atoms with Crippen LogP contribution in [-0.4, -0.2) is 28.1 Å². The van der Waals surface area contributed by atoms with Crippen LogP contribution < -0.4 is 0 Å². The first-order valence-electron chi connectivity index (χ1n) is 7.05. The van der Waals surface area contributed by atoms with Crippen LogP contribution in [0.2, 0.25) is 5.02 Å². The number of rotatable bonds is 2. The molecule has 1 aliphatic heterocycles. The Morgan fingerprint density at radius 2 is 1.96 bits per heavy atom. The Kier molecular flexibility index (Phi) is 5.58. The zero-order valence-electron chi connectivity index (χ0n) is 12.8. The summed E-state index contributed by atoms with van der Waals surface area (Å²) in [5.41, 5.74) is 1.48. The van der Waals surface area contributed by atoms with Gasteiger partial charge in [-0.3, -0.25) is 9.69 Å². The SMILES string of the molecule is CN1C(=O)/C(=C/c2ccc(O)c(Br)c2)SC1=Nc1ccc(Br)c(Cl)c1. The highest BCUT2D eigenvalue weighted by molar-refractivity contribution is 9.10. The number of benzene rings is 2. The third kappa shape index (κ3) is 4.11. The highest BCUT2D eigenvalue weighted by Gasteiger charge is 2.30. The minimum atomic E-state index is -0.129. The smallest absolute Gasteiger partial charge is 0.266 e. The molecule has 128 valence electrons.